The molecule has 2 unspecified atom stereocenters. The minimum Gasteiger partial charge on any atom is -0.354 e. The lowest BCUT2D eigenvalue weighted by molar-refractivity contribution is -0.124. The van der Waals surface area contributed by atoms with Crippen LogP contribution in [0.4, 0.5) is 4.79 Å². The quantitative estimate of drug-likeness (QED) is 0.508. The van der Waals surface area contributed by atoms with E-state index in [2.05, 4.69) is 26.2 Å². The van der Waals surface area contributed by atoms with Crippen molar-refractivity contribution >= 4 is 17.8 Å². The zero-order valence-corrected chi connectivity index (χ0v) is 15.1. The number of piperidine rings is 1. The van der Waals surface area contributed by atoms with Crippen LogP contribution < -0.4 is 21.3 Å². The third-order valence-corrected chi connectivity index (χ3v) is 4.70. The van der Waals surface area contributed by atoms with Crippen molar-refractivity contribution in [2.24, 2.45) is 5.92 Å². The van der Waals surface area contributed by atoms with Crippen molar-refractivity contribution in [3.05, 3.63) is 0 Å². The zero-order valence-electron chi connectivity index (χ0n) is 15.1. The average Bonchev–Trinajstić information content (AvgIpc) is 3.12. The zero-order chi connectivity index (χ0) is 18.1. The van der Waals surface area contributed by atoms with E-state index in [4.69, 9.17) is 0 Å². The maximum absolute atomic E-state index is 12.1. The maximum atomic E-state index is 12.1. The van der Waals surface area contributed by atoms with Gasteiger partial charge in [0.15, 0.2) is 0 Å². The average molecular weight is 353 g/mol. The summed E-state index contributed by atoms with van der Waals surface area (Å²) in [6, 6.07) is -0.483. The molecule has 2 atom stereocenters. The molecule has 0 saturated carbocycles. The number of carbonyl (C=O) groups is 3. The van der Waals surface area contributed by atoms with Crippen LogP contribution in [0.1, 0.15) is 39.0 Å². The lowest BCUT2D eigenvalue weighted by Gasteiger charge is -2.32. The number of urea groups is 1. The van der Waals surface area contributed by atoms with Crippen LogP contribution in [0.3, 0.4) is 0 Å². The van der Waals surface area contributed by atoms with Crippen LogP contribution in [0.2, 0.25) is 0 Å². The molecule has 4 amide bonds. The van der Waals surface area contributed by atoms with Crippen molar-refractivity contribution in [2.75, 3.05) is 39.3 Å². The molecule has 142 valence electrons. The Morgan fingerprint density at radius 2 is 2.00 bits per heavy atom. The summed E-state index contributed by atoms with van der Waals surface area (Å²) in [5, 5.41) is 11.2. The van der Waals surface area contributed by atoms with Crippen LogP contribution in [0.5, 0.6) is 0 Å². The first-order chi connectivity index (χ1) is 12.1. The Bertz CT molecular complexity index is 465. The van der Waals surface area contributed by atoms with E-state index in [-0.39, 0.29) is 24.4 Å². The smallest absolute Gasteiger partial charge is 0.321 e. The molecule has 0 bridgehead atoms. The molecule has 2 fully saturated rings. The number of carbonyl (C=O) groups excluding carboxylic acids is 3. The van der Waals surface area contributed by atoms with E-state index in [1.807, 2.05) is 6.92 Å². The third kappa shape index (κ3) is 6.99. The second-order valence-electron chi connectivity index (χ2n) is 6.94. The summed E-state index contributed by atoms with van der Waals surface area (Å²) in [4.78, 5) is 37.6. The van der Waals surface area contributed by atoms with Crippen LogP contribution in [0.25, 0.3) is 0 Å². The van der Waals surface area contributed by atoms with Gasteiger partial charge < -0.3 is 16.0 Å². The number of hydrogen-bond donors (Lipinski definition) is 4. The molecule has 2 heterocycles. The first-order valence-corrected chi connectivity index (χ1v) is 9.39. The van der Waals surface area contributed by atoms with Crippen molar-refractivity contribution in [3.63, 3.8) is 0 Å². The van der Waals surface area contributed by atoms with Crippen LogP contribution in [0, 0.1) is 5.92 Å². The summed E-state index contributed by atoms with van der Waals surface area (Å²) in [6.07, 6.45) is 4.83. The van der Waals surface area contributed by atoms with Gasteiger partial charge in [-0.25, -0.2) is 4.79 Å². The Labute approximate surface area is 149 Å². The predicted octanol–water partition coefficient (Wildman–Crippen LogP) is -0.198. The molecule has 0 spiro atoms. The SMILES string of the molecule is CCCNC(=O)NC(=O)CN1CCCC(CNC(=O)C2CCCN2)C1. The second-order valence-corrected chi connectivity index (χ2v) is 6.94. The van der Waals surface area contributed by atoms with E-state index < -0.39 is 6.03 Å². The van der Waals surface area contributed by atoms with Gasteiger partial charge in [-0.15, -0.1) is 0 Å². The Kier molecular flexibility index (Phi) is 8.14. The molecule has 2 rings (SSSR count). The van der Waals surface area contributed by atoms with Crippen LogP contribution in [-0.4, -0.2) is 68.1 Å². The fraction of sp³-hybridized carbons (Fsp3) is 0.824. The van der Waals surface area contributed by atoms with E-state index in [0.29, 0.717) is 19.0 Å². The molecule has 8 nitrogen and oxygen atoms in total. The highest BCUT2D eigenvalue weighted by atomic mass is 16.2. The number of nitrogens with one attached hydrogen (secondary N) is 4. The standard InChI is InChI=1S/C17H31N5O3/c1-2-7-19-17(25)21-15(23)12-22-9-4-5-13(11-22)10-20-16(24)14-6-3-8-18-14/h13-14,18H,2-12H2,1H3,(H,20,24)(H2,19,21,23,25). The number of rotatable bonds is 7. The van der Waals surface area contributed by atoms with Crippen molar-refractivity contribution in [3.8, 4) is 0 Å². The lowest BCUT2D eigenvalue weighted by Crippen LogP contribution is -2.49. The lowest BCUT2D eigenvalue weighted by atomic mass is 9.98. The van der Waals surface area contributed by atoms with Gasteiger partial charge in [0.05, 0.1) is 12.6 Å². The molecule has 25 heavy (non-hydrogen) atoms. The van der Waals surface area contributed by atoms with Gasteiger partial charge in [-0.1, -0.05) is 6.92 Å². The Morgan fingerprint density at radius 3 is 2.72 bits per heavy atom. The van der Waals surface area contributed by atoms with Gasteiger partial charge in [0.25, 0.3) is 0 Å². The van der Waals surface area contributed by atoms with Gasteiger partial charge in [0.2, 0.25) is 11.8 Å². The molecule has 8 heteroatoms. The first kappa shape index (κ1) is 19.7. The normalized spacial score (nSPS) is 23.9. The maximum Gasteiger partial charge on any atom is 0.321 e. The predicted molar refractivity (Wildman–Crippen MR) is 95.0 cm³/mol. The van der Waals surface area contributed by atoms with Crippen molar-refractivity contribution in [1.29, 1.82) is 0 Å². The van der Waals surface area contributed by atoms with Gasteiger partial charge in [-0.3, -0.25) is 19.8 Å². The van der Waals surface area contributed by atoms with Crippen LogP contribution in [0.15, 0.2) is 0 Å². The minimum atomic E-state index is -0.434. The van der Waals surface area contributed by atoms with Crippen molar-refractivity contribution in [2.45, 2.75) is 45.1 Å². The van der Waals surface area contributed by atoms with Gasteiger partial charge in [-0.2, -0.15) is 0 Å². The number of amides is 4. The first-order valence-electron chi connectivity index (χ1n) is 9.39. The Morgan fingerprint density at radius 1 is 1.16 bits per heavy atom. The number of imide groups is 1. The summed E-state index contributed by atoms with van der Waals surface area (Å²) in [6.45, 7) is 5.90. The van der Waals surface area contributed by atoms with Crippen molar-refractivity contribution < 1.29 is 14.4 Å². The molecule has 2 aliphatic rings. The molecule has 4 N–H and O–H groups in total. The highest BCUT2D eigenvalue weighted by Gasteiger charge is 2.25. The van der Waals surface area contributed by atoms with E-state index in [0.717, 1.165) is 51.7 Å². The topological polar surface area (TPSA) is 103 Å². The molecule has 2 aliphatic heterocycles. The summed E-state index contributed by atoms with van der Waals surface area (Å²) < 4.78 is 0. The molecule has 0 aromatic heterocycles. The Hall–Kier alpha value is -1.67. The number of nitrogens with zero attached hydrogens (tertiary/aromatic N) is 1. The highest BCUT2D eigenvalue weighted by molar-refractivity contribution is 5.95. The third-order valence-electron chi connectivity index (χ3n) is 4.70. The molecule has 0 aliphatic carbocycles. The molecular weight excluding hydrogens is 322 g/mol. The largest absolute Gasteiger partial charge is 0.354 e. The number of hydrogen-bond acceptors (Lipinski definition) is 5. The summed E-state index contributed by atoms with van der Waals surface area (Å²) in [7, 11) is 0. The summed E-state index contributed by atoms with van der Waals surface area (Å²) in [5.41, 5.74) is 0. The van der Waals surface area contributed by atoms with Crippen LogP contribution >= 0.6 is 0 Å². The van der Waals surface area contributed by atoms with E-state index in [9.17, 15) is 14.4 Å². The molecular formula is C17H31N5O3. The fourth-order valence-electron chi connectivity index (χ4n) is 3.39. The van der Waals surface area contributed by atoms with Crippen molar-refractivity contribution in [1.82, 2.24) is 26.2 Å². The van der Waals surface area contributed by atoms with Crippen LogP contribution in [-0.2, 0) is 9.59 Å². The molecule has 2 saturated heterocycles. The van der Waals surface area contributed by atoms with Gasteiger partial charge in [-0.05, 0) is 51.1 Å². The minimum absolute atomic E-state index is 0.0490. The molecule has 0 aromatic carbocycles. The van der Waals surface area contributed by atoms with E-state index >= 15 is 0 Å². The number of likely N-dealkylation sites (tertiary alicyclic amines) is 1. The Balaban J connectivity index is 1.66. The monoisotopic (exact) mass is 353 g/mol. The second kappa shape index (κ2) is 10.4. The fourth-order valence-corrected chi connectivity index (χ4v) is 3.39. The molecule has 0 aromatic rings. The van der Waals surface area contributed by atoms with E-state index in [1.165, 1.54) is 0 Å². The van der Waals surface area contributed by atoms with Gasteiger partial charge in [0, 0.05) is 19.6 Å². The summed E-state index contributed by atoms with van der Waals surface area (Å²) in [5.74, 6) is 0.147. The molecule has 0 radical (unpaired) electrons. The van der Waals surface area contributed by atoms with Gasteiger partial charge in [0.1, 0.15) is 0 Å². The highest BCUT2D eigenvalue weighted by Crippen LogP contribution is 2.15. The summed E-state index contributed by atoms with van der Waals surface area (Å²) >= 11 is 0. The van der Waals surface area contributed by atoms with Gasteiger partial charge >= 0.3 is 6.03 Å². The van der Waals surface area contributed by atoms with E-state index in [1.54, 1.807) is 0 Å².